The van der Waals surface area contributed by atoms with E-state index < -0.39 is 0 Å². The Morgan fingerprint density at radius 1 is 0.828 bits per heavy atom. The van der Waals surface area contributed by atoms with E-state index in [9.17, 15) is 0 Å². The predicted molar refractivity (Wildman–Crippen MR) is 124 cm³/mol. The molecule has 160 valence electrons. The normalized spacial score (nSPS) is 21.1. The van der Waals surface area contributed by atoms with Crippen molar-refractivity contribution in [2.24, 2.45) is 5.92 Å². The summed E-state index contributed by atoms with van der Waals surface area (Å²) in [6, 6.07) is 2.43. The predicted octanol–water partition coefficient (Wildman–Crippen LogP) is 7.71. The van der Waals surface area contributed by atoms with E-state index in [0.29, 0.717) is 0 Å². The Morgan fingerprint density at radius 2 is 1.45 bits per heavy atom. The van der Waals surface area contributed by atoms with Crippen molar-refractivity contribution >= 4 is 11.3 Å². The lowest BCUT2D eigenvalue weighted by Gasteiger charge is -2.22. The Hall–Kier alpha value is -1.51. The Bertz CT molecular complexity index is 717. The van der Waals surface area contributed by atoms with Gasteiger partial charge in [0, 0.05) is 25.1 Å². The zero-order valence-corrected chi connectivity index (χ0v) is 18.4. The Morgan fingerprint density at radius 3 is 2.14 bits per heavy atom. The molecule has 2 heterocycles. The highest BCUT2D eigenvalue weighted by molar-refractivity contribution is 5.68. The van der Waals surface area contributed by atoms with Gasteiger partial charge in [0.2, 0.25) is 0 Å². The number of hydrogen-bond acceptors (Lipinski definition) is 2. The fraction of sp³-hybridized carbons (Fsp3) is 0.731. The topological polar surface area (TPSA) is 29.3 Å². The third kappa shape index (κ3) is 5.99. The fourth-order valence-electron chi connectivity index (χ4n) is 5.61. The molecule has 2 fully saturated rings. The van der Waals surface area contributed by atoms with Crippen molar-refractivity contribution in [3.05, 3.63) is 30.2 Å². The van der Waals surface area contributed by atoms with Crippen LogP contribution in [0.15, 0.2) is 24.7 Å². The van der Waals surface area contributed by atoms with Gasteiger partial charge in [-0.25, -0.2) is 4.98 Å². The molecule has 2 aromatic heterocycles. The molecule has 2 aliphatic rings. The van der Waals surface area contributed by atoms with Crippen LogP contribution in [0.1, 0.15) is 114 Å². The minimum Gasteiger partial charge on any atom is -0.382 e. The van der Waals surface area contributed by atoms with Gasteiger partial charge in [-0.15, -0.1) is 0 Å². The maximum atomic E-state index is 4.64. The van der Waals surface area contributed by atoms with Crippen molar-refractivity contribution in [1.82, 2.24) is 9.38 Å². The maximum absolute atomic E-state index is 4.64. The molecule has 0 aromatic carbocycles. The van der Waals surface area contributed by atoms with Gasteiger partial charge in [0.25, 0.3) is 0 Å². The molecule has 3 nitrogen and oxygen atoms in total. The molecule has 4 rings (SSSR count). The van der Waals surface area contributed by atoms with Gasteiger partial charge < -0.3 is 9.72 Å². The second-order valence-corrected chi connectivity index (χ2v) is 9.67. The van der Waals surface area contributed by atoms with Crippen LogP contribution in [0.2, 0.25) is 0 Å². The summed E-state index contributed by atoms with van der Waals surface area (Å²) in [4.78, 5) is 4.64. The molecule has 2 saturated carbocycles. The molecule has 29 heavy (non-hydrogen) atoms. The van der Waals surface area contributed by atoms with Crippen LogP contribution in [0.5, 0.6) is 0 Å². The molecule has 0 saturated heterocycles. The van der Waals surface area contributed by atoms with Crippen LogP contribution in [0.25, 0.3) is 5.65 Å². The van der Waals surface area contributed by atoms with E-state index in [-0.39, 0.29) is 0 Å². The number of rotatable bonds is 5. The summed E-state index contributed by atoms with van der Waals surface area (Å²) in [5.74, 6) is 1.63. The molecule has 3 heteroatoms. The summed E-state index contributed by atoms with van der Waals surface area (Å²) >= 11 is 0. The average Bonchev–Trinajstić information content (AvgIpc) is 3.21. The van der Waals surface area contributed by atoms with Crippen LogP contribution in [0.4, 0.5) is 5.69 Å². The number of imidazole rings is 1. The summed E-state index contributed by atoms with van der Waals surface area (Å²) in [5.41, 5.74) is 3.86. The van der Waals surface area contributed by atoms with Crippen LogP contribution in [0, 0.1) is 5.92 Å². The van der Waals surface area contributed by atoms with Crippen LogP contribution in [-0.4, -0.2) is 15.9 Å². The summed E-state index contributed by atoms with van der Waals surface area (Å²) in [6.07, 6.45) is 29.0. The number of nitrogens with zero attached hydrogens (tertiary/aromatic N) is 2. The Balaban J connectivity index is 1.41. The first-order chi connectivity index (χ1) is 14.4. The van der Waals surface area contributed by atoms with E-state index >= 15 is 0 Å². The van der Waals surface area contributed by atoms with E-state index in [0.717, 1.165) is 24.0 Å². The molecule has 0 unspecified atom stereocenters. The van der Waals surface area contributed by atoms with Gasteiger partial charge in [0.15, 0.2) is 5.65 Å². The first-order valence-corrected chi connectivity index (χ1v) is 12.6. The molecular weight excluding hydrogens is 354 g/mol. The molecule has 2 aliphatic carbocycles. The van der Waals surface area contributed by atoms with Crippen LogP contribution in [-0.2, 0) is 0 Å². The smallest absolute Gasteiger partial charge is 0.160 e. The first-order valence-electron chi connectivity index (χ1n) is 12.6. The lowest BCUT2D eigenvalue weighted by atomic mass is 9.86. The van der Waals surface area contributed by atoms with Crippen LogP contribution < -0.4 is 5.32 Å². The van der Waals surface area contributed by atoms with Crippen molar-refractivity contribution in [1.29, 1.82) is 0 Å². The second kappa shape index (κ2) is 11.0. The maximum Gasteiger partial charge on any atom is 0.160 e. The Labute approximate surface area is 177 Å². The number of nitrogens with one attached hydrogen (secondary N) is 1. The fourth-order valence-corrected chi connectivity index (χ4v) is 5.61. The van der Waals surface area contributed by atoms with E-state index in [1.807, 2.05) is 6.20 Å². The number of fused-ring (bicyclic) bond motifs is 1. The summed E-state index contributed by atoms with van der Waals surface area (Å²) in [7, 11) is 0. The lowest BCUT2D eigenvalue weighted by molar-refractivity contribution is 0.409. The van der Waals surface area contributed by atoms with Crippen molar-refractivity contribution in [3.8, 4) is 0 Å². The molecule has 0 atom stereocenters. The van der Waals surface area contributed by atoms with Gasteiger partial charge in [-0.2, -0.15) is 0 Å². The molecule has 0 bridgehead atoms. The lowest BCUT2D eigenvalue weighted by Crippen LogP contribution is -2.11. The highest BCUT2D eigenvalue weighted by atomic mass is 15.0. The number of hydrogen-bond donors (Lipinski definition) is 1. The van der Waals surface area contributed by atoms with E-state index in [1.54, 1.807) is 0 Å². The van der Waals surface area contributed by atoms with Crippen molar-refractivity contribution in [2.75, 3.05) is 11.9 Å². The Kier molecular flexibility index (Phi) is 7.90. The summed E-state index contributed by atoms with van der Waals surface area (Å²) in [5, 5.41) is 3.80. The molecule has 1 N–H and O–H groups in total. The molecule has 0 amide bonds. The summed E-state index contributed by atoms with van der Waals surface area (Å²) < 4.78 is 2.25. The number of pyridine rings is 1. The van der Waals surface area contributed by atoms with Gasteiger partial charge in [0.1, 0.15) is 0 Å². The minimum atomic E-state index is 0.719. The second-order valence-electron chi connectivity index (χ2n) is 9.67. The van der Waals surface area contributed by atoms with Gasteiger partial charge in [-0.1, -0.05) is 83.5 Å². The third-order valence-electron chi connectivity index (χ3n) is 7.43. The van der Waals surface area contributed by atoms with E-state index in [1.165, 1.54) is 114 Å². The monoisotopic (exact) mass is 395 g/mol. The first kappa shape index (κ1) is 20.8. The quantitative estimate of drug-likeness (QED) is 0.561. The van der Waals surface area contributed by atoms with Gasteiger partial charge in [-0.05, 0) is 42.7 Å². The largest absolute Gasteiger partial charge is 0.382 e. The minimum absolute atomic E-state index is 0.719. The average molecular weight is 396 g/mol. The third-order valence-corrected chi connectivity index (χ3v) is 7.43. The van der Waals surface area contributed by atoms with Crippen molar-refractivity contribution < 1.29 is 0 Å². The number of anilines is 1. The highest BCUT2D eigenvalue weighted by Gasteiger charge is 2.17. The van der Waals surface area contributed by atoms with Crippen LogP contribution in [0.3, 0.4) is 0 Å². The van der Waals surface area contributed by atoms with Gasteiger partial charge in [-0.3, -0.25) is 0 Å². The number of aromatic nitrogens is 2. The molecule has 0 radical (unpaired) electrons. The standard InChI is InChI=1S/C26H41N3/c1-2-5-9-13-22(12-8-4-1)16-17-27-25-20-24(21-29-19-18-28-26(25)29)23-14-10-6-3-7-11-15-23/h18-23,27H,1-17H2. The van der Waals surface area contributed by atoms with Gasteiger partial charge in [0.05, 0.1) is 5.69 Å². The molecule has 0 aliphatic heterocycles. The molecule has 2 aromatic rings. The molecule has 0 spiro atoms. The van der Waals surface area contributed by atoms with Crippen molar-refractivity contribution in [2.45, 2.75) is 109 Å². The zero-order chi connectivity index (χ0) is 19.7. The zero-order valence-electron chi connectivity index (χ0n) is 18.4. The highest BCUT2D eigenvalue weighted by Crippen LogP contribution is 2.33. The van der Waals surface area contributed by atoms with Gasteiger partial charge >= 0.3 is 0 Å². The molecular formula is C26H41N3. The van der Waals surface area contributed by atoms with E-state index in [4.69, 9.17) is 0 Å². The SMILES string of the molecule is c1cn2cc(C3CCCCCCC3)cc(NCCC3CCCCCCCC3)c2n1. The summed E-state index contributed by atoms with van der Waals surface area (Å²) in [6.45, 7) is 1.08. The van der Waals surface area contributed by atoms with Crippen molar-refractivity contribution in [3.63, 3.8) is 0 Å². The van der Waals surface area contributed by atoms with Crippen LogP contribution >= 0.6 is 0 Å². The van der Waals surface area contributed by atoms with E-state index in [2.05, 4.69) is 33.2 Å².